The van der Waals surface area contributed by atoms with Crippen molar-refractivity contribution in [2.45, 2.75) is 79.6 Å². The van der Waals surface area contributed by atoms with Crippen LogP contribution in [-0.2, 0) is 9.53 Å². The van der Waals surface area contributed by atoms with Crippen LogP contribution in [0.3, 0.4) is 0 Å². The Hall–Kier alpha value is -1.64. The van der Waals surface area contributed by atoms with Gasteiger partial charge in [-0.2, -0.15) is 0 Å². The summed E-state index contributed by atoms with van der Waals surface area (Å²) >= 11 is 0. The Morgan fingerprint density at radius 2 is 2.04 bits per heavy atom. The van der Waals surface area contributed by atoms with E-state index in [1.165, 1.54) is 36.0 Å². The highest BCUT2D eigenvalue weighted by Crippen LogP contribution is 2.40. The van der Waals surface area contributed by atoms with Crippen molar-refractivity contribution < 1.29 is 14.5 Å². The summed E-state index contributed by atoms with van der Waals surface area (Å²) in [5.74, 6) is -0.0798. The molecule has 0 saturated heterocycles. The molecule has 0 saturated carbocycles. The van der Waals surface area contributed by atoms with Gasteiger partial charge in [0.15, 0.2) is 6.21 Å². The number of allylic oxidation sites excluding steroid dienone is 6. The number of ether oxygens (including phenoxy) is 1. The van der Waals surface area contributed by atoms with E-state index in [-0.39, 0.29) is 5.97 Å². The molecule has 0 aliphatic heterocycles. The topological polar surface area (TPSA) is 40.3 Å². The SMILES string of the molecule is CCOC(=O)CCCCC[NH+]=C/C=C(C)/C=C/C1=C(C)CCCC1(C)C. The smallest absolute Gasteiger partial charge is 0.305 e. The molecule has 1 aliphatic rings. The molecule has 0 atom stereocenters. The first kappa shape index (κ1) is 22.4. The molecule has 26 heavy (non-hydrogen) atoms. The van der Waals surface area contributed by atoms with Crippen molar-refractivity contribution in [2.75, 3.05) is 13.2 Å². The lowest BCUT2D eigenvalue weighted by Crippen LogP contribution is -2.68. The molecule has 1 aliphatic carbocycles. The van der Waals surface area contributed by atoms with E-state index in [4.69, 9.17) is 4.74 Å². The number of hydrogen-bond acceptors (Lipinski definition) is 2. The third kappa shape index (κ3) is 8.64. The maximum absolute atomic E-state index is 11.2. The second-order valence-electron chi connectivity index (χ2n) is 7.91. The fourth-order valence-corrected chi connectivity index (χ4v) is 3.46. The molecule has 0 bridgehead atoms. The van der Waals surface area contributed by atoms with Gasteiger partial charge in [-0.1, -0.05) is 31.6 Å². The summed E-state index contributed by atoms with van der Waals surface area (Å²) in [6, 6.07) is 0. The maximum Gasteiger partial charge on any atom is 0.305 e. The zero-order valence-corrected chi connectivity index (χ0v) is 17.5. The molecule has 1 rings (SSSR count). The van der Waals surface area contributed by atoms with Gasteiger partial charge in [0.05, 0.1) is 6.61 Å². The Morgan fingerprint density at radius 3 is 2.73 bits per heavy atom. The van der Waals surface area contributed by atoms with Crippen LogP contribution in [0.1, 0.15) is 79.6 Å². The van der Waals surface area contributed by atoms with Crippen LogP contribution in [0.15, 0.2) is 34.9 Å². The predicted molar refractivity (Wildman–Crippen MR) is 110 cm³/mol. The van der Waals surface area contributed by atoms with Crippen molar-refractivity contribution in [2.24, 2.45) is 5.41 Å². The molecule has 0 aromatic heterocycles. The summed E-state index contributed by atoms with van der Waals surface area (Å²) in [4.78, 5) is 14.6. The van der Waals surface area contributed by atoms with Crippen LogP contribution in [0.4, 0.5) is 0 Å². The van der Waals surface area contributed by atoms with Crippen molar-refractivity contribution in [1.29, 1.82) is 0 Å². The Morgan fingerprint density at radius 1 is 1.27 bits per heavy atom. The Kier molecular flexibility index (Phi) is 10.2. The lowest BCUT2D eigenvalue weighted by Gasteiger charge is -2.32. The third-order valence-electron chi connectivity index (χ3n) is 5.03. The van der Waals surface area contributed by atoms with Crippen LogP contribution in [0, 0.1) is 5.41 Å². The summed E-state index contributed by atoms with van der Waals surface area (Å²) < 4.78 is 4.92. The van der Waals surface area contributed by atoms with Gasteiger partial charge in [-0.25, -0.2) is 4.99 Å². The number of esters is 1. The van der Waals surface area contributed by atoms with Crippen LogP contribution in [0.5, 0.6) is 0 Å². The molecule has 0 radical (unpaired) electrons. The molecular formula is C23H38NO2+. The fourth-order valence-electron chi connectivity index (χ4n) is 3.46. The summed E-state index contributed by atoms with van der Waals surface area (Å²) in [7, 11) is 0. The number of hydrogen-bond donors (Lipinski definition) is 1. The highest BCUT2D eigenvalue weighted by atomic mass is 16.5. The number of carbonyl (C=O) groups is 1. The van der Waals surface area contributed by atoms with Gasteiger partial charge in [-0.15, -0.1) is 0 Å². The number of nitrogens with one attached hydrogen (secondary N) is 1. The molecule has 1 N–H and O–H groups in total. The monoisotopic (exact) mass is 360 g/mol. The predicted octanol–water partition coefficient (Wildman–Crippen LogP) is 4.29. The average Bonchev–Trinajstić information content (AvgIpc) is 2.56. The van der Waals surface area contributed by atoms with E-state index in [1.807, 2.05) is 13.1 Å². The van der Waals surface area contributed by atoms with E-state index in [9.17, 15) is 4.79 Å². The summed E-state index contributed by atoms with van der Waals surface area (Å²) in [6.07, 6.45) is 16.1. The summed E-state index contributed by atoms with van der Waals surface area (Å²) in [5, 5.41) is 0. The molecule has 3 nitrogen and oxygen atoms in total. The summed E-state index contributed by atoms with van der Waals surface area (Å²) in [5.41, 5.74) is 4.59. The zero-order valence-electron chi connectivity index (χ0n) is 17.5. The minimum Gasteiger partial charge on any atom is -0.466 e. The van der Waals surface area contributed by atoms with Crippen molar-refractivity contribution in [3.05, 3.63) is 34.9 Å². The Bertz CT molecular complexity index is 565. The lowest BCUT2D eigenvalue weighted by atomic mass is 9.72. The van der Waals surface area contributed by atoms with Gasteiger partial charge < -0.3 is 4.74 Å². The second-order valence-corrected chi connectivity index (χ2v) is 7.91. The van der Waals surface area contributed by atoms with Crippen LogP contribution < -0.4 is 4.99 Å². The van der Waals surface area contributed by atoms with Crippen LogP contribution in [-0.4, -0.2) is 25.3 Å². The van der Waals surface area contributed by atoms with E-state index in [1.54, 1.807) is 0 Å². The van der Waals surface area contributed by atoms with E-state index >= 15 is 0 Å². The van der Waals surface area contributed by atoms with Crippen LogP contribution in [0.2, 0.25) is 0 Å². The zero-order chi connectivity index (χ0) is 19.4. The standard InChI is InChI=1S/C23H37NO2/c1-6-26-22(25)12-8-7-9-17-24-18-15-19(2)13-14-21-20(3)11-10-16-23(21,4)5/h13-15,18H,6-12,16-17H2,1-5H3/p+1/b14-13+,19-15+,24-18?. The minimum absolute atomic E-state index is 0.0798. The molecule has 0 fully saturated rings. The third-order valence-corrected chi connectivity index (χ3v) is 5.03. The van der Waals surface area contributed by atoms with Crippen LogP contribution >= 0.6 is 0 Å². The minimum atomic E-state index is -0.0798. The number of rotatable bonds is 10. The van der Waals surface area contributed by atoms with Crippen molar-refractivity contribution >= 4 is 12.2 Å². The van der Waals surface area contributed by atoms with Gasteiger partial charge in [0.25, 0.3) is 0 Å². The maximum atomic E-state index is 11.2. The van der Waals surface area contributed by atoms with E-state index < -0.39 is 0 Å². The molecule has 0 aromatic rings. The largest absolute Gasteiger partial charge is 0.466 e. The molecular weight excluding hydrogens is 322 g/mol. The van der Waals surface area contributed by atoms with E-state index in [0.29, 0.717) is 18.4 Å². The Labute approximate surface area is 160 Å². The fraction of sp³-hybridized carbons (Fsp3) is 0.652. The first-order chi connectivity index (χ1) is 12.4. The van der Waals surface area contributed by atoms with Crippen molar-refractivity contribution in [1.82, 2.24) is 0 Å². The van der Waals surface area contributed by atoms with Crippen LogP contribution in [0.25, 0.3) is 0 Å². The first-order valence-electron chi connectivity index (χ1n) is 10.1. The molecule has 0 unspecified atom stereocenters. The summed E-state index contributed by atoms with van der Waals surface area (Å²) in [6.45, 7) is 12.4. The van der Waals surface area contributed by atoms with E-state index in [2.05, 4.69) is 50.9 Å². The Balaban J connectivity index is 2.33. The average molecular weight is 361 g/mol. The highest BCUT2D eigenvalue weighted by molar-refractivity contribution is 5.69. The normalized spacial score (nSPS) is 18.1. The lowest BCUT2D eigenvalue weighted by molar-refractivity contribution is -0.451. The van der Waals surface area contributed by atoms with Gasteiger partial charge in [-0.3, -0.25) is 4.79 Å². The van der Waals surface area contributed by atoms with Gasteiger partial charge in [0.2, 0.25) is 0 Å². The highest BCUT2D eigenvalue weighted by Gasteiger charge is 2.26. The van der Waals surface area contributed by atoms with Gasteiger partial charge in [0.1, 0.15) is 6.54 Å². The molecule has 0 amide bonds. The number of unbranched alkanes of at least 4 members (excludes halogenated alkanes) is 2. The first-order valence-corrected chi connectivity index (χ1v) is 10.1. The van der Waals surface area contributed by atoms with Gasteiger partial charge in [-0.05, 0) is 69.4 Å². The second kappa shape index (κ2) is 11.9. The molecule has 0 spiro atoms. The quantitative estimate of drug-likeness (QED) is 0.273. The molecule has 0 heterocycles. The van der Waals surface area contributed by atoms with Gasteiger partial charge in [0, 0.05) is 18.9 Å². The van der Waals surface area contributed by atoms with Crippen molar-refractivity contribution in [3.63, 3.8) is 0 Å². The van der Waals surface area contributed by atoms with Gasteiger partial charge >= 0.3 is 5.97 Å². The molecule has 3 heteroatoms. The molecule has 0 aromatic carbocycles. The van der Waals surface area contributed by atoms with Crippen molar-refractivity contribution in [3.8, 4) is 0 Å². The molecule has 146 valence electrons. The number of carbonyl (C=O) groups excluding carboxylic acids is 1. The van der Waals surface area contributed by atoms with E-state index in [0.717, 1.165) is 25.8 Å².